The van der Waals surface area contributed by atoms with Gasteiger partial charge >= 0.3 is 0 Å². The molecule has 0 amide bonds. The average Bonchev–Trinajstić information content (AvgIpc) is 3.02. The van der Waals surface area contributed by atoms with Crippen LogP contribution >= 0.6 is 0 Å². The lowest BCUT2D eigenvalue weighted by Crippen LogP contribution is -2.01. The second-order valence-electron chi connectivity index (χ2n) is 6.19. The smallest absolute Gasteiger partial charge is 0.221 e. The fourth-order valence-electron chi connectivity index (χ4n) is 2.70. The van der Waals surface area contributed by atoms with Crippen LogP contribution in [0.25, 0.3) is 0 Å². The molecule has 0 atom stereocenters. The van der Waals surface area contributed by atoms with Crippen molar-refractivity contribution < 1.29 is 9.47 Å². The Morgan fingerprint density at radius 2 is 1.96 bits per heavy atom. The fraction of sp³-hybridized carbons (Fsp3) is 0.238. The molecule has 2 N–H and O–H groups in total. The number of rotatable bonds is 7. The number of nitrogens with zero attached hydrogens (tertiary/aromatic N) is 3. The van der Waals surface area contributed by atoms with E-state index in [0.717, 1.165) is 34.7 Å². The molecule has 2 aromatic carbocycles. The molecule has 3 rings (SSSR count). The van der Waals surface area contributed by atoms with Gasteiger partial charge in [-0.25, -0.2) is 9.66 Å². The molecule has 3 aromatic rings. The third-order valence-corrected chi connectivity index (χ3v) is 4.20. The molecule has 0 unspecified atom stereocenters. The molecule has 0 saturated heterocycles. The Morgan fingerprint density at radius 1 is 1.19 bits per heavy atom. The highest BCUT2D eigenvalue weighted by molar-refractivity contribution is 5.80. The van der Waals surface area contributed by atoms with Crippen LogP contribution in [0, 0.1) is 6.92 Å². The molecule has 0 aliphatic rings. The predicted molar refractivity (Wildman–Crippen MR) is 108 cm³/mol. The number of methoxy groups -OCH3 is 1. The Morgan fingerprint density at radius 3 is 2.59 bits per heavy atom. The fourth-order valence-corrected chi connectivity index (χ4v) is 2.70. The van der Waals surface area contributed by atoms with Gasteiger partial charge in [0.1, 0.15) is 18.1 Å². The lowest BCUT2D eigenvalue weighted by atomic mass is 10.1. The third-order valence-electron chi connectivity index (χ3n) is 4.20. The zero-order valence-electron chi connectivity index (χ0n) is 15.8. The van der Waals surface area contributed by atoms with E-state index in [1.807, 2.05) is 37.3 Å². The number of ether oxygens (including phenoxy) is 2. The van der Waals surface area contributed by atoms with Crippen molar-refractivity contribution >= 4 is 12.2 Å². The second-order valence-corrected chi connectivity index (χ2v) is 6.19. The van der Waals surface area contributed by atoms with Crippen molar-refractivity contribution in [1.29, 1.82) is 0 Å². The molecule has 0 fully saturated rings. The summed E-state index contributed by atoms with van der Waals surface area (Å²) in [6.07, 6.45) is 4.52. The first-order valence-corrected chi connectivity index (χ1v) is 8.83. The highest BCUT2D eigenvalue weighted by Gasteiger charge is 2.06. The predicted octanol–water partition coefficient (Wildman–Crippen LogP) is 3.81. The van der Waals surface area contributed by atoms with Crippen molar-refractivity contribution in [2.24, 2.45) is 5.10 Å². The molecular weight excluding hydrogens is 340 g/mol. The van der Waals surface area contributed by atoms with Gasteiger partial charge in [0.25, 0.3) is 0 Å². The summed E-state index contributed by atoms with van der Waals surface area (Å²) in [4.78, 5) is 4.13. The maximum Gasteiger partial charge on any atom is 0.221 e. The van der Waals surface area contributed by atoms with Crippen molar-refractivity contribution in [3.8, 4) is 11.5 Å². The Bertz CT molecular complexity index is 930. The Balaban J connectivity index is 1.75. The van der Waals surface area contributed by atoms with Crippen molar-refractivity contribution in [2.45, 2.75) is 26.9 Å². The van der Waals surface area contributed by atoms with Gasteiger partial charge in [-0.05, 0) is 54.8 Å². The minimum absolute atomic E-state index is 0.358. The molecule has 1 aromatic heterocycles. The molecule has 140 valence electrons. The summed E-state index contributed by atoms with van der Waals surface area (Å²) in [6.45, 7) is 4.41. The molecule has 1 heterocycles. The summed E-state index contributed by atoms with van der Waals surface area (Å²) < 4.78 is 12.9. The monoisotopic (exact) mass is 364 g/mol. The van der Waals surface area contributed by atoms with Crippen LogP contribution in [0.1, 0.15) is 29.3 Å². The maximum atomic E-state index is 5.91. The van der Waals surface area contributed by atoms with E-state index in [4.69, 9.17) is 15.2 Å². The van der Waals surface area contributed by atoms with E-state index in [2.05, 4.69) is 29.1 Å². The minimum atomic E-state index is 0.358. The van der Waals surface area contributed by atoms with Crippen molar-refractivity contribution in [3.05, 3.63) is 71.0 Å². The van der Waals surface area contributed by atoms with E-state index in [9.17, 15) is 0 Å². The first kappa shape index (κ1) is 18.5. The van der Waals surface area contributed by atoms with Gasteiger partial charge in [-0.15, -0.1) is 0 Å². The molecule has 27 heavy (non-hydrogen) atoms. The van der Waals surface area contributed by atoms with E-state index < -0.39 is 0 Å². The summed E-state index contributed by atoms with van der Waals surface area (Å²) in [5.41, 5.74) is 9.78. The standard InChI is InChI=1S/C21H24N4O2/c1-4-16-5-8-19(9-6-16)27-14-18-11-17(7-10-20(18)26-3)12-23-25-13-15(2)24-21(25)22/h5-13H,4,14H2,1-3H3,(H2,22,24). The zero-order valence-corrected chi connectivity index (χ0v) is 15.8. The molecule has 0 spiro atoms. The van der Waals surface area contributed by atoms with Gasteiger partial charge in [-0.1, -0.05) is 19.1 Å². The van der Waals surface area contributed by atoms with Crippen molar-refractivity contribution in [3.63, 3.8) is 0 Å². The number of aromatic nitrogens is 2. The van der Waals surface area contributed by atoms with Gasteiger partial charge in [0.15, 0.2) is 0 Å². The van der Waals surface area contributed by atoms with E-state index in [0.29, 0.717) is 12.6 Å². The SMILES string of the molecule is CCc1ccc(OCc2cc(C=Nn3cc(C)nc3N)ccc2OC)cc1. The van der Waals surface area contributed by atoms with Crippen LogP contribution in [-0.2, 0) is 13.0 Å². The van der Waals surface area contributed by atoms with Crippen LogP contribution in [0.4, 0.5) is 5.95 Å². The Hall–Kier alpha value is -3.28. The number of anilines is 1. The van der Waals surface area contributed by atoms with E-state index >= 15 is 0 Å². The lowest BCUT2D eigenvalue weighted by Gasteiger charge is -2.11. The molecule has 0 bridgehead atoms. The van der Waals surface area contributed by atoms with Crippen LogP contribution in [0.3, 0.4) is 0 Å². The largest absolute Gasteiger partial charge is 0.496 e. The summed E-state index contributed by atoms with van der Waals surface area (Å²) >= 11 is 0. The van der Waals surface area contributed by atoms with Crippen LogP contribution in [0.5, 0.6) is 11.5 Å². The number of nitrogens with two attached hydrogens (primary N) is 1. The molecule has 0 aliphatic carbocycles. The number of hydrogen-bond donors (Lipinski definition) is 1. The summed E-state index contributed by atoms with van der Waals surface area (Å²) in [7, 11) is 1.65. The average molecular weight is 364 g/mol. The molecule has 0 radical (unpaired) electrons. The van der Waals surface area contributed by atoms with Crippen LogP contribution in [0.2, 0.25) is 0 Å². The number of aryl methyl sites for hydroxylation is 2. The topological polar surface area (TPSA) is 74.7 Å². The van der Waals surface area contributed by atoms with E-state index in [1.165, 1.54) is 5.56 Å². The molecule has 6 heteroatoms. The zero-order chi connectivity index (χ0) is 19.2. The minimum Gasteiger partial charge on any atom is -0.496 e. The number of imidazole rings is 1. The third kappa shape index (κ3) is 4.67. The molecule has 0 aliphatic heterocycles. The van der Waals surface area contributed by atoms with Crippen LogP contribution in [-0.4, -0.2) is 23.0 Å². The lowest BCUT2D eigenvalue weighted by molar-refractivity contribution is 0.296. The second kappa shape index (κ2) is 8.40. The van der Waals surface area contributed by atoms with E-state index in [-0.39, 0.29) is 0 Å². The number of nitrogen functional groups attached to an aromatic ring is 1. The van der Waals surface area contributed by atoms with E-state index in [1.54, 1.807) is 24.2 Å². The molecular formula is C21H24N4O2. The summed E-state index contributed by atoms with van der Waals surface area (Å²) in [5.74, 6) is 1.96. The van der Waals surface area contributed by atoms with Crippen molar-refractivity contribution in [2.75, 3.05) is 12.8 Å². The summed E-state index contributed by atoms with van der Waals surface area (Å²) in [5, 5.41) is 4.35. The highest BCUT2D eigenvalue weighted by atomic mass is 16.5. The summed E-state index contributed by atoms with van der Waals surface area (Å²) in [6, 6.07) is 14.0. The normalized spacial score (nSPS) is 11.1. The number of hydrogen-bond acceptors (Lipinski definition) is 5. The first-order chi connectivity index (χ1) is 13.1. The van der Waals surface area contributed by atoms with Gasteiger partial charge in [0.2, 0.25) is 5.95 Å². The molecule has 6 nitrogen and oxygen atoms in total. The maximum absolute atomic E-state index is 5.91. The quantitative estimate of drug-likeness (QED) is 0.647. The van der Waals surface area contributed by atoms with Crippen molar-refractivity contribution in [1.82, 2.24) is 9.66 Å². The van der Waals surface area contributed by atoms with Crippen LogP contribution in [0.15, 0.2) is 53.8 Å². The van der Waals surface area contributed by atoms with Gasteiger partial charge < -0.3 is 15.2 Å². The van der Waals surface area contributed by atoms with Gasteiger partial charge in [-0.2, -0.15) is 5.10 Å². The number of benzene rings is 2. The Kier molecular flexibility index (Phi) is 5.76. The van der Waals surface area contributed by atoms with Gasteiger partial charge in [-0.3, -0.25) is 0 Å². The highest BCUT2D eigenvalue weighted by Crippen LogP contribution is 2.22. The molecule has 0 saturated carbocycles. The Labute approximate surface area is 159 Å². The van der Waals surface area contributed by atoms with Crippen LogP contribution < -0.4 is 15.2 Å². The van der Waals surface area contributed by atoms with Gasteiger partial charge in [0.05, 0.1) is 25.2 Å². The van der Waals surface area contributed by atoms with Gasteiger partial charge in [0, 0.05) is 5.56 Å². The first-order valence-electron chi connectivity index (χ1n) is 8.83.